The summed E-state index contributed by atoms with van der Waals surface area (Å²) in [6, 6.07) is 17.7. The van der Waals surface area contributed by atoms with Crippen molar-refractivity contribution in [2.24, 2.45) is 0 Å². The summed E-state index contributed by atoms with van der Waals surface area (Å²) in [6.07, 6.45) is 34.4. The van der Waals surface area contributed by atoms with E-state index in [2.05, 4.69) is 63.2 Å². The van der Waals surface area contributed by atoms with Gasteiger partial charge < -0.3 is 13.3 Å². The number of unbranched alkanes of at least 4 members (excludes halogenated alkanes) is 21. The molecule has 5 heteroatoms. The van der Waals surface area contributed by atoms with Crippen LogP contribution in [0.25, 0.3) is 21.5 Å². The Kier molecular flexibility index (Phi) is 27.2. The molecule has 3 nitrogen and oxygen atoms in total. The van der Waals surface area contributed by atoms with Gasteiger partial charge in [-0.2, -0.15) is 0 Å². The highest BCUT2D eigenvalue weighted by Gasteiger charge is 2.36. The predicted octanol–water partition coefficient (Wildman–Crippen LogP) is 16.2. The molecule has 302 valence electrons. The van der Waals surface area contributed by atoms with Crippen LogP contribution in [0.15, 0.2) is 48.5 Å². The molecule has 0 saturated heterocycles. The highest BCUT2D eigenvalue weighted by molar-refractivity contribution is 6.60. The molecule has 0 amide bonds. The van der Waals surface area contributed by atoms with E-state index in [0.29, 0.717) is 6.42 Å². The van der Waals surface area contributed by atoms with E-state index in [1.807, 2.05) is 6.07 Å². The number of alkyl halides is 1. The fourth-order valence-corrected chi connectivity index (χ4v) is 9.63. The zero-order chi connectivity index (χ0) is 38.4. The Morgan fingerprint density at radius 2 is 0.943 bits per heavy atom. The lowest BCUT2D eigenvalue weighted by molar-refractivity contribution is 0.122. The van der Waals surface area contributed by atoms with E-state index in [4.69, 9.17) is 13.3 Å². The molecule has 0 saturated carbocycles. The van der Waals surface area contributed by atoms with Gasteiger partial charge in [-0.05, 0) is 58.4 Å². The summed E-state index contributed by atoms with van der Waals surface area (Å²) >= 11 is 0. The highest BCUT2D eigenvalue weighted by atomic mass is 28.4. The average Bonchev–Trinajstić information content (AvgIpc) is 3.20. The van der Waals surface area contributed by atoms with Gasteiger partial charge in [-0.15, -0.1) is 0 Å². The summed E-state index contributed by atoms with van der Waals surface area (Å²) < 4.78 is 30.2. The van der Waals surface area contributed by atoms with E-state index in [1.54, 1.807) is 21.3 Å². The van der Waals surface area contributed by atoms with Gasteiger partial charge in [-0.25, -0.2) is 4.39 Å². The monoisotopic (exact) mass is 753 g/mol. The van der Waals surface area contributed by atoms with Crippen LogP contribution in [0.2, 0.25) is 6.04 Å². The lowest BCUT2D eigenvalue weighted by Gasteiger charge is -2.24. The number of halogens is 1. The Morgan fingerprint density at radius 1 is 0.509 bits per heavy atom. The summed E-state index contributed by atoms with van der Waals surface area (Å²) in [5.41, 5.74) is 2.14. The average molecular weight is 753 g/mol. The molecular weight excluding hydrogens is 672 g/mol. The molecule has 0 radical (unpaired) electrons. The zero-order valence-electron chi connectivity index (χ0n) is 35.4. The molecule has 3 aromatic carbocycles. The minimum Gasteiger partial charge on any atom is -0.377 e. The SMILES string of the molecule is CCCCCCCCCCCCCCCCC.CCCCCCCCCC[Si](OC)(OC)OC.FC1CCCc2c1ccc1c2ccc2ccccc21. The van der Waals surface area contributed by atoms with Crippen LogP contribution < -0.4 is 0 Å². The number of benzene rings is 3. The maximum atomic E-state index is 14.0. The third-order valence-corrected chi connectivity index (χ3v) is 14.1. The lowest BCUT2D eigenvalue weighted by atomic mass is 9.85. The standard InChI is InChI=1S/C18H15F.C17H36.C13H30O3Si/c19-18-7-3-6-14-16-9-8-12-4-1-2-5-13(12)15(16)10-11-17(14)18;1-3-5-7-9-11-13-15-17-16-14-12-10-8-6-4-2;1-5-6-7-8-9-10-11-12-13-17(14-2,15-3)16-4/h1-2,4-5,8-11,18H,3,6-7H2;3-17H2,1-2H3;5-13H2,1-4H3. The molecular formula is C48H81FO3Si. The van der Waals surface area contributed by atoms with Gasteiger partial charge >= 0.3 is 8.80 Å². The molecule has 0 spiro atoms. The summed E-state index contributed by atoms with van der Waals surface area (Å²) in [4.78, 5) is 0. The van der Waals surface area contributed by atoms with Gasteiger partial charge in [0, 0.05) is 27.4 Å². The number of hydrogen-bond acceptors (Lipinski definition) is 3. The van der Waals surface area contributed by atoms with E-state index in [-0.39, 0.29) is 0 Å². The van der Waals surface area contributed by atoms with E-state index < -0.39 is 15.0 Å². The first-order valence-electron chi connectivity index (χ1n) is 22.2. The van der Waals surface area contributed by atoms with E-state index in [9.17, 15) is 4.39 Å². The van der Waals surface area contributed by atoms with Crippen LogP contribution in [-0.4, -0.2) is 30.1 Å². The molecule has 0 bridgehead atoms. The zero-order valence-corrected chi connectivity index (χ0v) is 36.4. The molecule has 0 N–H and O–H groups in total. The highest BCUT2D eigenvalue weighted by Crippen LogP contribution is 2.38. The minimum absolute atomic E-state index is 0.673. The Labute approximate surface area is 327 Å². The molecule has 0 aliphatic heterocycles. The molecule has 0 fully saturated rings. The van der Waals surface area contributed by atoms with Crippen molar-refractivity contribution >= 4 is 30.3 Å². The molecule has 0 heterocycles. The predicted molar refractivity (Wildman–Crippen MR) is 233 cm³/mol. The Bertz CT molecular complexity index is 1290. The summed E-state index contributed by atoms with van der Waals surface area (Å²) in [5, 5.41) is 5.01. The van der Waals surface area contributed by atoms with Gasteiger partial charge in [-0.3, -0.25) is 0 Å². The number of fused-ring (bicyclic) bond motifs is 5. The molecule has 3 aromatic rings. The van der Waals surface area contributed by atoms with Crippen LogP contribution in [0, 0.1) is 0 Å². The third-order valence-electron chi connectivity index (χ3n) is 11.3. The van der Waals surface area contributed by atoms with Gasteiger partial charge in [0.2, 0.25) is 0 Å². The van der Waals surface area contributed by atoms with E-state index in [0.717, 1.165) is 30.9 Å². The van der Waals surface area contributed by atoms with Crippen LogP contribution in [0.3, 0.4) is 0 Å². The third kappa shape index (κ3) is 18.6. The molecule has 1 unspecified atom stereocenters. The largest absolute Gasteiger partial charge is 0.500 e. The van der Waals surface area contributed by atoms with Crippen molar-refractivity contribution in [3.8, 4) is 0 Å². The quantitative estimate of drug-likeness (QED) is 0.0464. The van der Waals surface area contributed by atoms with Crippen LogP contribution in [0.4, 0.5) is 4.39 Å². The molecule has 53 heavy (non-hydrogen) atoms. The van der Waals surface area contributed by atoms with Gasteiger partial charge in [0.05, 0.1) is 0 Å². The smallest absolute Gasteiger partial charge is 0.377 e. The molecule has 4 rings (SSSR count). The van der Waals surface area contributed by atoms with Crippen molar-refractivity contribution < 1.29 is 17.7 Å². The maximum absolute atomic E-state index is 14.0. The van der Waals surface area contributed by atoms with Crippen molar-refractivity contribution in [1.29, 1.82) is 0 Å². The van der Waals surface area contributed by atoms with Crippen molar-refractivity contribution in [2.45, 2.75) is 200 Å². The Hall–Kier alpha value is -1.79. The van der Waals surface area contributed by atoms with Crippen molar-refractivity contribution in [2.75, 3.05) is 21.3 Å². The van der Waals surface area contributed by atoms with Gasteiger partial charge in [-0.1, -0.05) is 211 Å². The molecule has 1 aliphatic carbocycles. The van der Waals surface area contributed by atoms with Crippen LogP contribution >= 0.6 is 0 Å². The first-order chi connectivity index (χ1) is 26.0. The second-order valence-corrected chi connectivity index (χ2v) is 18.6. The Morgan fingerprint density at radius 3 is 1.42 bits per heavy atom. The summed E-state index contributed by atoms with van der Waals surface area (Å²) in [5.74, 6) is 0. The molecule has 1 atom stereocenters. The van der Waals surface area contributed by atoms with Gasteiger partial charge in [0.15, 0.2) is 0 Å². The summed E-state index contributed by atoms with van der Waals surface area (Å²) in [7, 11) is 2.75. The van der Waals surface area contributed by atoms with Crippen LogP contribution in [0.5, 0.6) is 0 Å². The number of rotatable bonds is 26. The lowest BCUT2D eigenvalue weighted by Crippen LogP contribution is -2.42. The minimum atomic E-state index is -2.30. The first-order valence-corrected chi connectivity index (χ1v) is 24.2. The maximum Gasteiger partial charge on any atom is 0.500 e. The second-order valence-electron chi connectivity index (χ2n) is 15.5. The fourth-order valence-electron chi connectivity index (χ4n) is 7.83. The van der Waals surface area contributed by atoms with Gasteiger partial charge in [0.1, 0.15) is 6.17 Å². The molecule has 1 aliphatic rings. The summed E-state index contributed by atoms with van der Waals surface area (Å²) in [6.45, 7) is 6.84. The number of aryl methyl sites for hydroxylation is 1. The van der Waals surface area contributed by atoms with Crippen molar-refractivity contribution in [3.05, 3.63) is 59.7 Å². The first kappa shape index (κ1) is 47.4. The normalized spacial score (nSPS) is 14.1. The Balaban J connectivity index is 0.000000276. The topological polar surface area (TPSA) is 27.7 Å². The second kappa shape index (κ2) is 30.4. The van der Waals surface area contributed by atoms with E-state index >= 15 is 0 Å². The van der Waals surface area contributed by atoms with Crippen LogP contribution in [0.1, 0.15) is 199 Å². The van der Waals surface area contributed by atoms with Gasteiger partial charge in [0.25, 0.3) is 0 Å². The molecule has 0 aromatic heterocycles. The fraction of sp³-hybridized carbons (Fsp3) is 0.708. The number of hydrogen-bond donors (Lipinski definition) is 0. The van der Waals surface area contributed by atoms with Crippen molar-refractivity contribution in [3.63, 3.8) is 0 Å². The van der Waals surface area contributed by atoms with Crippen LogP contribution in [-0.2, 0) is 19.7 Å². The van der Waals surface area contributed by atoms with E-state index in [1.165, 1.54) is 168 Å². The van der Waals surface area contributed by atoms with Crippen molar-refractivity contribution in [1.82, 2.24) is 0 Å².